The fraction of sp³-hybridized carbons (Fsp3) is 0.464. The second-order valence-corrected chi connectivity index (χ2v) is 12.8. The normalized spacial score (nSPS) is 14.0. The number of hydrogen-bond acceptors (Lipinski definition) is 13. The van der Waals surface area contributed by atoms with Crippen molar-refractivity contribution in [3.63, 3.8) is 0 Å². The summed E-state index contributed by atoms with van der Waals surface area (Å²) in [5.41, 5.74) is 4.21. The lowest BCUT2D eigenvalue weighted by atomic mass is 10.1. The van der Waals surface area contributed by atoms with E-state index in [9.17, 15) is 43.2 Å². The number of amides is 7. The molecule has 3 rings (SSSR count). The number of imide groups is 1. The molecule has 7 amide bonds. The van der Waals surface area contributed by atoms with Crippen LogP contribution in [0.1, 0.15) is 74.3 Å². The Bertz CT molecular complexity index is 1600. The van der Waals surface area contributed by atoms with Crippen LogP contribution in [0.25, 0.3) is 10.7 Å². The van der Waals surface area contributed by atoms with Crippen LogP contribution in [0, 0.1) is 0 Å². The Morgan fingerprint density at radius 1 is 0.979 bits per heavy atom. The van der Waals surface area contributed by atoms with E-state index in [1.54, 1.807) is 12.3 Å². The Hall–Kier alpha value is -5.11. The number of carbonyl (C=O) groups is 9. The van der Waals surface area contributed by atoms with Crippen molar-refractivity contribution in [2.75, 3.05) is 0 Å². The summed E-state index contributed by atoms with van der Waals surface area (Å²) in [4.78, 5) is 116. The fourth-order valence-electron chi connectivity index (χ4n) is 4.27. The zero-order chi connectivity index (χ0) is 35.6. The van der Waals surface area contributed by atoms with E-state index in [0.29, 0.717) is 28.6 Å². The summed E-state index contributed by atoms with van der Waals surface area (Å²) in [6, 6.07) is -2.88. The number of Topliss-reactive ketones (excluding diaryl/α,β-unsaturated/α-hetero) is 2. The Morgan fingerprint density at radius 2 is 1.69 bits per heavy atom. The van der Waals surface area contributed by atoms with Gasteiger partial charge in [0.25, 0.3) is 5.91 Å². The lowest BCUT2D eigenvalue weighted by Gasteiger charge is -2.18. The van der Waals surface area contributed by atoms with Crippen LogP contribution in [0.3, 0.4) is 0 Å². The fourth-order valence-corrected chi connectivity index (χ4v) is 5.82. The van der Waals surface area contributed by atoms with Crippen molar-refractivity contribution < 1.29 is 48.3 Å². The van der Waals surface area contributed by atoms with Crippen molar-refractivity contribution in [3.8, 4) is 10.7 Å². The molecule has 20 heteroatoms. The van der Waals surface area contributed by atoms with Gasteiger partial charge in [0.2, 0.25) is 23.6 Å². The van der Waals surface area contributed by atoms with E-state index in [1.807, 2.05) is 5.32 Å². The molecule has 1 aliphatic carbocycles. The Kier molecular flexibility index (Phi) is 12.9. The van der Waals surface area contributed by atoms with Crippen molar-refractivity contribution in [1.29, 1.82) is 0 Å². The van der Waals surface area contributed by atoms with Gasteiger partial charge in [-0.15, -0.1) is 22.7 Å². The van der Waals surface area contributed by atoms with Crippen molar-refractivity contribution in [2.45, 2.75) is 83.0 Å². The maximum Gasteiger partial charge on any atom is 0.355 e. The van der Waals surface area contributed by atoms with Crippen LogP contribution < -0.4 is 32.3 Å². The third-order valence-corrected chi connectivity index (χ3v) is 8.56. The first-order valence-electron chi connectivity index (χ1n) is 14.5. The standard InChI is InChI=1S/C28H34N8O10S2/c1-13(31-27(46)35-24(43)16(8-20(29)40)32-14(2)37)3-4-15(38)7-22(42)36-28(5-6-28)19(39)9-21(41)30-10-23-33-17(11-47-23)25-34-18(12-48-25)26(44)45/h11-13,16H,3-10H2,1-2H3,(H2,29,40)(H,30,41)(H,32,37)(H,36,42)(H,44,45)(H2,31,35,43,46)/t13-,16+/m0/s1. The molecule has 0 spiro atoms. The van der Waals surface area contributed by atoms with Gasteiger partial charge in [-0.2, -0.15) is 0 Å². The Morgan fingerprint density at radius 3 is 2.29 bits per heavy atom. The maximum atomic E-state index is 12.8. The van der Waals surface area contributed by atoms with Gasteiger partial charge in [-0.25, -0.2) is 19.6 Å². The minimum Gasteiger partial charge on any atom is -0.476 e. The summed E-state index contributed by atoms with van der Waals surface area (Å²) in [5.74, 6) is -5.82. The highest BCUT2D eigenvalue weighted by molar-refractivity contribution is 7.14. The number of ketones is 2. The van der Waals surface area contributed by atoms with Gasteiger partial charge in [0.1, 0.15) is 27.5 Å². The summed E-state index contributed by atoms with van der Waals surface area (Å²) < 4.78 is 0. The second-order valence-electron chi connectivity index (χ2n) is 11.0. The number of urea groups is 1. The van der Waals surface area contributed by atoms with Crippen LogP contribution in [-0.2, 0) is 40.1 Å². The first kappa shape index (κ1) is 37.3. The van der Waals surface area contributed by atoms with E-state index in [-0.39, 0.29) is 25.1 Å². The maximum absolute atomic E-state index is 12.8. The van der Waals surface area contributed by atoms with Crippen molar-refractivity contribution in [1.82, 2.24) is 36.6 Å². The van der Waals surface area contributed by atoms with Crippen LogP contribution in [-0.4, -0.2) is 85.8 Å². The minimum absolute atomic E-state index is 0.0277. The molecule has 0 aromatic carbocycles. The van der Waals surface area contributed by atoms with Gasteiger partial charge in [-0.3, -0.25) is 38.9 Å². The number of rotatable bonds is 18. The van der Waals surface area contributed by atoms with Crippen molar-refractivity contribution in [3.05, 3.63) is 21.5 Å². The third-order valence-electron chi connectivity index (χ3n) is 6.84. The number of aromatic carboxylic acids is 1. The number of carboxylic acid groups (broad SMARTS) is 1. The number of aromatic nitrogens is 2. The molecule has 1 aliphatic rings. The van der Waals surface area contributed by atoms with Crippen LogP contribution in [0.4, 0.5) is 4.79 Å². The first-order valence-corrected chi connectivity index (χ1v) is 16.3. The Labute approximate surface area is 281 Å². The number of thiazole rings is 2. The molecule has 2 aromatic rings. The molecule has 18 nitrogen and oxygen atoms in total. The molecule has 0 saturated heterocycles. The molecule has 0 bridgehead atoms. The minimum atomic E-state index is -1.35. The summed E-state index contributed by atoms with van der Waals surface area (Å²) >= 11 is 2.35. The predicted octanol–water partition coefficient (Wildman–Crippen LogP) is -0.477. The smallest absolute Gasteiger partial charge is 0.355 e. The van der Waals surface area contributed by atoms with Gasteiger partial charge in [0, 0.05) is 30.1 Å². The lowest BCUT2D eigenvalue weighted by Crippen LogP contribution is -2.52. The molecule has 2 aromatic heterocycles. The van der Waals surface area contributed by atoms with Crippen LogP contribution in [0.15, 0.2) is 10.8 Å². The molecule has 0 unspecified atom stereocenters. The average Bonchev–Trinajstić information content (AvgIpc) is 3.36. The van der Waals surface area contributed by atoms with Crippen molar-refractivity contribution >= 4 is 75.8 Å². The number of hydrogen-bond donors (Lipinski definition) is 7. The van der Waals surface area contributed by atoms with Gasteiger partial charge in [-0.1, -0.05) is 0 Å². The highest BCUT2D eigenvalue weighted by Crippen LogP contribution is 2.37. The summed E-state index contributed by atoms with van der Waals surface area (Å²) in [6.45, 7) is 2.71. The monoisotopic (exact) mass is 706 g/mol. The number of primary amides is 1. The van der Waals surface area contributed by atoms with Crippen LogP contribution >= 0.6 is 22.7 Å². The van der Waals surface area contributed by atoms with Crippen LogP contribution in [0.2, 0.25) is 0 Å². The predicted molar refractivity (Wildman–Crippen MR) is 168 cm³/mol. The van der Waals surface area contributed by atoms with E-state index < -0.39 is 90.0 Å². The molecule has 0 radical (unpaired) electrons. The van der Waals surface area contributed by atoms with E-state index >= 15 is 0 Å². The van der Waals surface area contributed by atoms with Gasteiger partial charge in [-0.05, 0) is 26.2 Å². The van der Waals surface area contributed by atoms with E-state index in [0.717, 1.165) is 18.3 Å². The number of nitrogens with one attached hydrogen (secondary N) is 5. The molecule has 2 atom stereocenters. The molecular formula is C28H34N8O10S2. The van der Waals surface area contributed by atoms with Gasteiger partial charge in [0.05, 0.1) is 31.3 Å². The molecule has 1 saturated carbocycles. The third kappa shape index (κ3) is 11.6. The molecular weight excluding hydrogens is 672 g/mol. The van der Waals surface area contributed by atoms with Crippen LogP contribution in [0.5, 0.6) is 0 Å². The van der Waals surface area contributed by atoms with Crippen molar-refractivity contribution in [2.24, 2.45) is 5.73 Å². The highest BCUT2D eigenvalue weighted by Gasteiger charge is 2.51. The first-order chi connectivity index (χ1) is 22.6. The van der Waals surface area contributed by atoms with Gasteiger partial charge in [0.15, 0.2) is 11.5 Å². The van der Waals surface area contributed by atoms with Gasteiger partial charge >= 0.3 is 12.0 Å². The van der Waals surface area contributed by atoms with Gasteiger partial charge < -0.3 is 32.1 Å². The number of carboxylic acids is 1. The molecule has 0 aliphatic heterocycles. The summed E-state index contributed by atoms with van der Waals surface area (Å²) in [6.07, 6.45) is -0.900. The molecule has 258 valence electrons. The zero-order valence-electron chi connectivity index (χ0n) is 25.9. The topological polar surface area (TPSA) is 286 Å². The van der Waals surface area contributed by atoms with E-state index in [2.05, 4.69) is 31.2 Å². The SMILES string of the molecule is CC(=O)N[C@H](CC(N)=O)C(=O)NC(=O)N[C@@H](C)CCC(=O)CC(=O)NC1(C(=O)CC(=O)NCc2nc(-c3nc(C(=O)O)cs3)cs2)CC1. The number of nitrogens with zero attached hydrogens (tertiary/aromatic N) is 2. The second kappa shape index (κ2) is 16.6. The summed E-state index contributed by atoms with van der Waals surface area (Å²) in [7, 11) is 0. The number of nitrogens with two attached hydrogens (primary N) is 1. The molecule has 8 N–H and O–H groups in total. The quantitative estimate of drug-likeness (QED) is 0.0968. The largest absolute Gasteiger partial charge is 0.476 e. The zero-order valence-corrected chi connectivity index (χ0v) is 27.5. The average molecular weight is 707 g/mol. The number of carbonyl (C=O) groups excluding carboxylic acids is 8. The Balaban J connectivity index is 1.36. The van der Waals surface area contributed by atoms with E-state index in [1.165, 1.54) is 16.7 Å². The molecule has 48 heavy (non-hydrogen) atoms. The highest BCUT2D eigenvalue weighted by atomic mass is 32.1. The van der Waals surface area contributed by atoms with E-state index in [4.69, 9.17) is 10.8 Å². The lowest BCUT2D eigenvalue weighted by molar-refractivity contribution is -0.135. The summed E-state index contributed by atoms with van der Waals surface area (Å²) in [5, 5.41) is 24.8. The molecule has 2 heterocycles. The molecule has 1 fully saturated rings.